The Morgan fingerprint density at radius 1 is 1.15 bits per heavy atom. The van der Waals surface area contributed by atoms with Gasteiger partial charge in [0.25, 0.3) is 0 Å². The molecule has 11 heteroatoms. The number of allylic oxidation sites excluding steroid dienone is 1. The van der Waals surface area contributed by atoms with E-state index in [0.29, 0.717) is 35.8 Å². The molecule has 47 heavy (non-hydrogen) atoms. The number of aromatic nitrogens is 1. The van der Waals surface area contributed by atoms with E-state index in [0.717, 1.165) is 24.5 Å². The summed E-state index contributed by atoms with van der Waals surface area (Å²) in [5.74, 6) is 0.926. The minimum Gasteiger partial charge on any atom is -0.493 e. The fraction of sp³-hybridized carbons (Fsp3) is 0.417. The fourth-order valence-electron chi connectivity index (χ4n) is 7.44. The molecule has 3 saturated carbocycles. The van der Waals surface area contributed by atoms with Gasteiger partial charge in [0, 0.05) is 6.20 Å². The van der Waals surface area contributed by atoms with Crippen molar-refractivity contribution in [1.82, 2.24) is 10.3 Å². The van der Waals surface area contributed by atoms with Crippen LogP contribution in [0.4, 0.5) is 13.2 Å². The first-order chi connectivity index (χ1) is 22.4. The second kappa shape index (κ2) is 12.8. The molecule has 2 aromatic carbocycles. The molecule has 7 rings (SSSR count). The van der Waals surface area contributed by atoms with E-state index in [4.69, 9.17) is 14.0 Å². The molecule has 1 N–H and O–H groups in total. The van der Waals surface area contributed by atoms with Gasteiger partial charge in [-0.25, -0.2) is 0 Å². The van der Waals surface area contributed by atoms with E-state index >= 15 is 0 Å². The average molecular weight is 644 g/mol. The predicted octanol–water partition coefficient (Wildman–Crippen LogP) is 6.93. The summed E-state index contributed by atoms with van der Waals surface area (Å²) in [6.45, 7) is 6.90. The highest BCUT2D eigenvalue weighted by atomic mass is 19.4. The Bertz CT molecular complexity index is 1680. The van der Waals surface area contributed by atoms with Crippen LogP contribution in [-0.2, 0) is 26.7 Å². The molecule has 7 nitrogen and oxygen atoms in total. The third-order valence-electron chi connectivity index (χ3n) is 10.2. The van der Waals surface area contributed by atoms with E-state index in [2.05, 4.69) is 31.1 Å². The third-order valence-corrected chi connectivity index (χ3v) is 10.2. The van der Waals surface area contributed by atoms with Crippen LogP contribution in [0.25, 0.3) is 11.6 Å². The SMILES string of the molecule is CC1(C)[C@@H]2C[C@H]3OB(C(Cc4ccccc4)NC(=O)CCOc4cccc(C=C(C#N)c5ccc(C(F)(F)F)cn5)c4)O[C@@]3(C)[C@H]1C2. The van der Waals surface area contributed by atoms with E-state index in [1.807, 2.05) is 36.4 Å². The Labute approximate surface area is 273 Å². The molecule has 4 fully saturated rings. The molecule has 1 aromatic heterocycles. The van der Waals surface area contributed by atoms with Crippen molar-refractivity contribution in [2.75, 3.05) is 6.61 Å². The molecular formula is C36H37BF3N3O4. The molecule has 0 spiro atoms. The lowest BCUT2D eigenvalue weighted by atomic mass is 9.43. The number of nitrogens with zero attached hydrogens (tertiary/aromatic N) is 2. The fourth-order valence-corrected chi connectivity index (χ4v) is 7.44. The van der Waals surface area contributed by atoms with E-state index in [9.17, 15) is 23.2 Å². The summed E-state index contributed by atoms with van der Waals surface area (Å²) in [4.78, 5) is 17.0. The zero-order chi connectivity index (χ0) is 33.4. The number of halogens is 3. The molecule has 5 atom stereocenters. The van der Waals surface area contributed by atoms with Crippen molar-refractivity contribution >= 4 is 24.7 Å². The van der Waals surface area contributed by atoms with Gasteiger partial charge in [0.15, 0.2) is 0 Å². The second-order valence-electron chi connectivity index (χ2n) is 13.5. The third kappa shape index (κ3) is 6.81. The summed E-state index contributed by atoms with van der Waals surface area (Å²) in [6, 6.07) is 20.9. The normalized spacial score (nSPS) is 25.3. The Morgan fingerprint density at radius 2 is 1.94 bits per heavy atom. The van der Waals surface area contributed by atoms with Gasteiger partial charge in [0.05, 0.1) is 47.5 Å². The van der Waals surface area contributed by atoms with Crippen molar-refractivity contribution in [1.29, 1.82) is 5.26 Å². The molecule has 244 valence electrons. The number of hydrogen-bond donors (Lipinski definition) is 1. The van der Waals surface area contributed by atoms with Gasteiger partial charge in [0.2, 0.25) is 5.91 Å². The summed E-state index contributed by atoms with van der Waals surface area (Å²) >= 11 is 0. The van der Waals surface area contributed by atoms with Gasteiger partial charge in [-0.05, 0) is 84.9 Å². The number of ether oxygens (including phenoxy) is 1. The molecule has 2 heterocycles. The van der Waals surface area contributed by atoms with Gasteiger partial charge >= 0.3 is 13.3 Å². The lowest BCUT2D eigenvalue weighted by molar-refractivity contribution is -0.199. The quantitative estimate of drug-likeness (QED) is 0.190. The minimum absolute atomic E-state index is 0.000640. The van der Waals surface area contributed by atoms with Gasteiger partial charge in [-0.2, -0.15) is 18.4 Å². The van der Waals surface area contributed by atoms with Crippen LogP contribution in [0.2, 0.25) is 0 Å². The number of benzene rings is 2. The standard InChI is InChI=1S/C36H37BF3N3O4/c1-34(2)27-19-30(34)35(3)31(20-27)46-37(47-35)32(18-23-8-5-4-6-9-23)43-33(44)14-15-45-28-11-7-10-24(17-28)16-25(21-41)29-13-12-26(22-42-29)36(38,39)40/h4-13,16-17,22,27,30-32H,14-15,18-20H2,1-3H3,(H,43,44)/t27-,30-,31+,32?,35-/m0/s1. The van der Waals surface area contributed by atoms with E-state index in [-0.39, 0.29) is 53.3 Å². The van der Waals surface area contributed by atoms with Crippen LogP contribution in [0.5, 0.6) is 5.75 Å². The van der Waals surface area contributed by atoms with Crippen LogP contribution in [0, 0.1) is 28.6 Å². The minimum atomic E-state index is -4.51. The summed E-state index contributed by atoms with van der Waals surface area (Å²) in [6.07, 6.45) is 0.466. The van der Waals surface area contributed by atoms with Gasteiger partial charge in [0.1, 0.15) is 11.8 Å². The van der Waals surface area contributed by atoms with Gasteiger partial charge in [-0.1, -0.05) is 56.3 Å². The number of carbonyl (C=O) groups is 1. The van der Waals surface area contributed by atoms with Crippen LogP contribution in [-0.4, -0.2) is 42.3 Å². The molecule has 1 aliphatic heterocycles. The van der Waals surface area contributed by atoms with Crippen molar-refractivity contribution < 1.29 is 32.0 Å². The molecule has 1 saturated heterocycles. The number of rotatable bonds is 10. The monoisotopic (exact) mass is 643 g/mol. The van der Waals surface area contributed by atoms with E-state index < -0.39 is 18.9 Å². The Kier molecular flexibility index (Phi) is 8.94. The summed E-state index contributed by atoms with van der Waals surface area (Å²) in [5, 5.41) is 12.8. The number of hydrogen-bond acceptors (Lipinski definition) is 6. The summed E-state index contributed by atoms with van der Waals surface area (Å²) < 4.78 is 57.8. The second-order valence-corrected chi connectivity index (χ2v) is 13.5. The number of nitrogens with one attached hydrogen (secondary N) is 1. The molecular weight excluding hydrogens is 606 g/mol. The first-order valence-corrected chi connectivity index (χ1v) is 15.9. The van der Waals surface area contributed by atoms with Gasteiger partial charge in [-0.15, -0.1) is 0 Å². The largest absolute Gasteiger partial charge is 0.493 e. The Hall–Kier alpha value is -4.14. The Morgan fingerprint density at radius 3 is 2.62 bits per heavy atom. The molecule has 3 aliphatic carbocycles. The highest BCUT2D eigenvalue weighted by molar-refractivity contribution is 6.48. The number of alkyl halides is 3. The van der Waals surface area contributed by atoms with Crippen LogP contribution in [0.15, 0.2) is 72.9 Å². The molecule has 0 radical (unpaired) electrons. The van der Waals surface area contributed by atoms with Crippen LogP contribution in [0.1, 0.15) is 62.4 Å². The van der Waals surface area contributed by atoms with Gasteiger partial charge in [-0.3, -0.25) is 9.78 Å². The zero-order valence-corrected chi connectivity index (χ0v) is 26.6. The summed E-state index contributed by atoms with van der Waals surface area (Å²) in [7, 11) is -0.567. The summed E-state index contributed by atoms with van der Waals surface area (Å²) in [5.41, 5.74) is 0.822. The maximum absolute atomic E-state index is 13.2. The zero-order valence-electron chi connectivity index (χ0n) is 26.6. The first kappa shape index (κ1) is 32.8. The number of amides is 1. The van der Waals surface area contributed by atoms with Crippen LogP contribution >= 0.6 is 0 Å². The average Bonchev–Trinajstić information content (AvgIpc) is 3.41. The van der Waals surface area contributed by atoms with Crippen LogP contribution < -0.4 is 10.1 Å². The molecule has 2 bridgehead atoms. The number of carbonyl (C=O) groups excluding carboxylic acids is 1. The smallest absolute Gasteiger partial charge is 0.482 e. The van der Waals surface area contributed by atoms with Crippen molar-refractivity contribution in [3.8, 4) is 11.8 Å². The lowest BCUT2D eigenvalue weighted by Crippen LogP contribution is -2.65. The van der Waals surface area contributed by atoms with Crippen molar-refractivity contribution in [3.63, 3.8) is 0 Å². The van der Waals surface area contributed by atoms with Crippen molar-refractivity contribution in [3.05, 3.63) is 95.3 Å². The number of nitriles is 1. The van der Waals surface area contributed by atoms with Gasteiger partial charge < -0.3 is 19.4 Å². The number of pyridine rings is 1. The maximum Gasteiger partial charge on any atom is 0.482 e. The van der Waals surface area contributed by atoms with Crippen LogP contribution in [0.3, 0.4) is 0 Å². The van der Waals surface area contributed by atoms with E-state index in [1.165, 1.54) is 12.1 Å². The van der Waals surface area contributed by atoms with E-state index in [1.54, 1.807) is 24.3 Å². The van der Waals surface area contributed by atoms with Crippen molar-refractivity contribution in [2.24, 2.45) is 17.3 Å². The topological polar surface area (TPSA) is 93.5 Å². The maximum atomic E-state index is 13.2. The first-order valence-electron chi connectivity index (χ1n) is 15.9. The lowest BCUT2D eigenvalue weighted by Gasteiger charge is -2.64. The highest BCUT2D eigenvalue weighted by Gasteiger charge is 2.68. The Balaban J connectivity index is 1.08. The highest BCUT2D eigenvalue weighted by Crippen LogP contribution is 2.65. The molecule has 1 unspecified atom stereocenters. The predicted molar refractivity (Wildman–Crippen MR) is 171 cm³/mol. The molecule has 1 amide bonds. The van der Waals surface area contributed by atoms with Crippen molar-refractivity contribution in [2.45, 2.75) is 70.3 Å². The molecule has 3 aromatic rings. The molecule has 4 aliphatic rings.